The van der Waals surface area contributed by atoms with Crippen molar-refractivity contribution in [1.82, 2.24) is 0 Å². The third kappa shape index (κ3) is 3.52. The summed E-state index contributed by atoms with van der Waals surface area (Å²) in [5.41, 5.74) is 3.32. The molecule has 23 heavy (non-hydrogen) atoms. The fraction of sp³-hybridized carbons (Fsp3) is 0.368. The second-order valence-electron chi connectivity index (χ2n) is 5.82. The summed E-state index contributed by atoms with van der Waals surface area (Å²) in [5.74, 6) is -0.354. The normalized spacial score (nSPS) is 10.9. The molecule has 0 spiro atoms. The van der Waals surface area contributed by atoms with Gasteiger partial charge in [-0.2, -0.15) is 0 Å². The summed E-state index contributed by atoms with van der Waals surface area (Å²) in [6, 6.07) is 6.59. The number of aromatic hydroxyl groups is 4. The van der Waals surface area contributed by atoms with Crippen LogP contribution < -0.4 is 0 Å². The zero-order valence-electron chi connectivity index (χ0n) is 13.6. The molecule has 0 saturated heterocycles. The summed E-state index contributed by atoms with van der Waals surface area (Å²) in [6.07, 6.45) is 3.58. The monoisotopic (exact) mass is 316 g/mol. The molecule has 0 heterocycles. The van der Waals surface area contributed by atoms with Crippen LogP contribution in [0.3, 0.4) is 0 Å². The standard InChI is InChI=1S/C19H24O4/c1-3-5-14-12(7-9-16(20)18(14)22)11-13-8-10-17(21)19(23)15(13)6-4-2/h7-10,20-23H,3-6,11H2,1-2H3. The van der Waals surface area contributed by atoms with Gasteiger partial charge in [-0.05, 0) is 42.5 Å². The van der Waals surface area contributed by atoms with E-state index >= 15 is 0 Å². The lowest BCUT2D eigenvalue weighted by Crippen LogP contribution is -2.00. The second-order valence-corrected chi connectivity index (χ2v) is 5.82. The average Bonchev–Trinajstić information content (AvgIpc) is 2.53. The zero-order chi connectivity index (χ0) is 17.0. The lowest BCUT2D eigenvalue weighted by Gasteiger charge is -2.16. The van der Waals surface area contributed by atoms with Crippen molar-refractivity contribution in [3.63, 3.8) is 0 Å². The fourth-order valence-electron chi connectivity index (χ4n) is 2.93. The van der Waals surface area contributed by atoms with Gasteiger partial charge < -0.3 is 20.4 Å². The third-order valence-corrected chi connectivity index (χ3v) is 4.10. The summed E-state index contributed by atoms with van der Waals surface area (Å²) in [5, 5.41) is 39.7. The first kappa shape index (κ1) is 17.0. The van der Waals surface area contributed by atoms with Crippen molar-refractivity contribution in [2.45, 2.75) is 46.0 Å². The molecule has 0 aliphatic heterocycles. The highest BCUT2D eigenvalue weighted by Crippen LogP contribution is 2.37. The highest BCUT2D eigenvalue weighted by Gasteiger charge is 2.16. The Labute approximate surface area is 136 Å². The van der Waals surface area contributed by atoms with Gasteiger partial charge in [0, 0.05) is 11.1 Å². The molecule has 2 aromatic carbocycles. The Morgan fingerprint density at radius 2 is 1.04 bits per heavy atom. The minimum atomic E-state index is -0.112. The quantitative estimate of drug-likeness (QED) is 0.607. The van der Waals surface area contributed by atoms with E-state index in [-0.39, 0.29) is 23.0 Å². The van der Waals surface area contributed by atoms with Gasteiger partial charge in [-0.3, -0.25) is 0 Å². The molecule has 2 aromatic rings. The van der Waals surface area contributed by atoms with E-state index in [2.05, 4.69) is 0 Å². The van der Waals surface area contributed by atoms with E-state index < -0.39 is 0 Å². The van der Waals surface area contributed by atoms with E-state index in [0.717, 1.165) is 35.1 Å². The van der Waals surface area contributed by atoms with Crippen molar-refractivity contribution in [2.75, 3.05) is 0 Å². The molecule has 0 atom stereocenters. The van der Waals surface area contributed by atoms with Gasteiger partial charge in [0.25, 0.3) is 0 Å². The van der Waals surface area contributed by atoms with Gasteiger partial charge in [-0.1, -0.05) is 38.8 Å². The van der Waals surface area contributed by atoms with E-state index in [1.807, 2.05) is 13.8 Å². The molecule has 4 heteroatoms. The first-order chi connectivity index (χ1) is 11.0. The minimum absolute atomic E-state index is 0.0654. The van der Waals surface area contributed by atoms with Crippen molar-refractivity contribution in [3.05, 3.63) is 46.5 Å². The molecular formula is C19H24O4. The minimum Gasteiger partial charge on any atom is -0.504 e. The Bertz CT molecular complexity index is 633. The maximum atomic E-state index is 10.1. The van der Waals surface area contributed by atoms with E-state index in [1.54, 1.807) is 12.1 Å². The van der Waals surface area contributed by atoms with Crippen molar-refractivity contribution in [2.24, 2.45) is 0 Å². The second kappa shape index (κ2) is 7.27. The number of rotatable bonds is 6. The maximum Gasteiger partial charge on any atom is 0.160 e. The van der Waals surface area contributed by atoms with E-state index in [0.29, 0.717) is 19.3 Å². The molecule has 4 nitrogen and oxygen atoms in total. The molecule has 2 rings (SSSR count). The van der Waals surface area contributed by atoms with Crippen LogP contribution in [0.5, 0.6) is 23.0 Å². The number of benzene rings is 2. The third-order valence-electron chi connectivity index (χ3n) is 4.10. The molecule has 4 N–H and O–H groups in total. The SMILES string of the molecule is CCCc1c(Cc2ccc(O)c(O)c2CCC)ccc(O)c1O. The smallest absolute Gasteiger partial charge is 0.160 e. The summed E-state index contributed by atoms with van der Waals surface area (Å²) >= 11 is 0. The van der Waals surface area contributed by atoms with Crippen molar-refractivity contribution >= 4 is 0 Å². The van der Waals surface area contributed by atoms with Gasteiger partial charge >= 0.3 is 0 Å². The van der Waals surface area contributed by atoms with Crippen LogP contribution >= 0.6 is 0 Å². The molecule has 0 saturated carbocycles. The predicted octanol–water partition coefficient (Wildman–Crippen LogP) is 4.00. The van der Waals surface area contributed by atoms with Crippen LogP contribution in [0.25, 0.3) is 0 Å². The lowest BCUT2D eigenvalue weighted by atomic mass is 9.91. The van der Waals surface area contributed by atoms with E-state index in [4.69, 9.17) is 0 Å². The maximum absolute atomic E-state index is 10.1. The van der Waals surface area contributed by atoms with E-state index in [1.165, 1.54) is 12.1 Å². The molecule has 0 aliphatic carbocycles. The Morgan fingerprint density at radius 3 is 1.39 bits per heavy atom. The number of hydrogen-bond acceptors (Lipinski definition) is 4. The molecular weight excluding hydrogens is 292 g/mol. The van der Waals surface area contributed by atoms with Crippen molar-refractivity contribution in [3.8, 4) is 23.0 Å². The predicted molar refractivity (Wildman–Crippen MR) is 90.3 cm³/mol. The van der Waals surface area contributed by atoms with Crippen LogP contribution in [-0.4, -0.2) is 20.4 Å². The Kier molecular flexibility index (Phi) is 5.37. The fourth-order valence-corrected chi connectivity index (χ4v) is 2.93. The molecule has 0 radical (unpaired) electrons. The van der Waals surface area contributed by atoms with Crippen molar-refractivity contribution < 1.29 is 20.4 Å². The van der Waals surface area contributed by atoms with Crippen LogP contribution in [0.2, 0.25) is 0 Å². The summed E-state index contributed by atoms with van der Waals surface area (Å²) in [4.78, 5) is 0. The Balaban J connectivity index is 2.47. The highest BCUT2D eigenvalue weighted by molar-refractivity contribution is 5.54. The van der Waals surface area contributed by atoms with Crippen molar-refractivity contribution in [1.29, 1.82) is 0 Å². The highest BCUT2D eigenvalue weighted by atomic mass is 16.3. The van der Waals surface area contributed by atoms with Gasteiger partial charge in [0.15, 0.2) is 23.0 Å². The van der Waals surface area contributed by atoms with Gasteiger partial charge in [0.05, 0.1) is 0 Å². The average molecular weight is 316 g/mol. The number of phenolic OH excluding ortho intramolecular Hbond substituents is 4. The van der Waals surface area contributed by atoms with E-state index in [9.17, 15) is 20.4 Å². The van der Waals surface area contributed by atoms with Gasteiger partial charge in [-0.25, -0.2) is 0 Å². The molecule has 0 fully saturated rings. The van der Waals surface area contributed by atoms with Crippen LogP contribution in [0.15, 0.2) is 24.3 Å². The molecule has 0 amide bonds. The van der Waals surface area contributed by atoms with Gasteiger partial charge in [0.1, 0.15) is 0 Å². The summed E-state index contributed by atoms with van der Waals surface area (Å²) in [6.45, 7) is 4.03. The number of phenols is 4. The topological polar surface area (TPSA) is 80.9 Å². The lowest BCUT2D eigenvalue weighted by molar-refractivity contribution is 0.397. The largest absolute Gasteiger partial charge is 0.504 e. The summed E-state index contributed by atoms with van der Waals surface area (Å²) < 4.78 is 0. The molecule has 0 unspecified atom stereocenters. The van der Waals surface area contributed by atoms with Gasteiger partial charge in [-0.15, -0.1) is 0 Å². The molecule has 0 aromatic heterocycles. The van der Waals surface area contributed by atoms with Gasteiger partial charge in [0.2, 0.25) is 0 Å². The summed E-state index contributed by atoms with van der Waals surface area (Å²) in [7, 11) is 0. The Morgan fingerprint density at radius 1 is 0.652 bits per heavy atom. The van der Waals surface area contributed by atoms with Crippen LogP contribution in [0, 0.1) is 0 Å². The molecule has 0 aliphatic rings. The Hall–Kier alpha value is -2.36. The zero-order valence-corrected chi connectivity index (χ0v) is 13.6. The first-order valence-electron chi connectivity index (χ1n) is 8.04. The molecule has 0 bridgehead atoms. The molecule has 124 valence electrons. The van der Waals surface area contributed by atoms with Crippen LogP contribution in [-0.2, 0) is 19.3 Å². The number of hydrogen-bond donors (Lipinski definition) is 4. The van der Waals surface area contributed by atoms with Crippen LogP contribution in [0.1, 0.15) is 48.9 Å². The van der Waals surface area contributed by atoms with Crippen LogP contribution in [0.4, 0.5) is 0 Å². The first-order valence-corrected chi connectivity index (χ1v) is 8.04.